The van der Waals surface area contributed by atoms with E-state index in [1.165, 1.54) is 0 Å². The minimum atomic E-state index is -0.553. The van der Waals surface area contributed by atoms with Crippen molar-refractivity contribution < 1.29 is 19.1 Å². The van der Waals surface area contributed by atoms with Gasteiger partial charge in [-0.3, -0.25) is 9.59 Å². The van der Waals surface area contributed by atoms with Crippen molar-refractivity contribution in [2.45, 2.75) is 85.8 Å². The van der Waals surface area contributed by atoms with Crippen LogP contribution in [0, 0.1) is 17.3 Å². The van der Waals surface area contributed by atoms with E-state index in [-0.39, 0.29) is 23.8 Å². The number of carbonyl (C=O) groups is 3. The largest absolute Gasteiger partial charge is 0.444 e. The minimum Gasteiger partial charge on any atom is -0.444 e. The van der Waals surface area contributed by atoms with Crippen molar-refractivity contribution in [3.05, 3.63) is 0 Å². The van der Waals surface area contributed by atoms with Gasteiger partial charge in [0.1, 0.15) is 5.60 Å². The zero-order chi connectivity index (χ0) is 22.7. The quantitative estimate of drug-likeness (QED) is 0.754. The molecule has 0 aliphatic carbocycles. The zero-order valence-electron chi connectivity index (χ0n) is 19.9. The molecule has 7 heteroatoms. The van der Waals surface area contributed by atoms with Crippen LogP contribution < -0.4 is 5.32 Å². The zero-order valence-corrected chi connectivity index (χ0v) is 19.9. The van der Waals surface area contributed by atoms with Crippen LogP contribution in [-0.2, 0) is 14.3 Å². The second kappa shape index (κ2) is 9.56. The third kappa shape index (κ3) is 6.61. The molecule has 0 spiro atoms. The molecule has 2 rings (SSSR count). The van der Waals surface area contributed by atoms with E-state index in [0.717, 1.165) is 32.2 Å². The van der Waals surface area contributed by atoms with Crippen molar-refractivity contribution in [3.63, 3.8) is 0 Å². The van der Waals surface area contributed by atoms with Gasteiger partial charge in [-0.15, -0.1) is 0 Å². The van der Waals surface area contributed by atoms with E-state index in [2.05, 4.69) is 12.2 Å². The summed E-state index contributed by atoms with van der Waals surface area (Å²) in [6.45, 7) is 15.7. The lowest BCUT2D eigenvalue weighted by atomic mass is 9.87. The number of likely N-dealkylation sites (tertiary alicyclic amines) is 2. The average molecular weight is 424 g/mol. The maximum atomic E-state index is 13.4. The predicted molar refractivity (Wildman–Crippen MR) is 117 cm³/mol. The van der Waals surface area contributed by atoms with Crippen molar-refractivity contribution in [1.29, 1.82) is 0 Å². The summed E-state index contributed by atoms with van der Waals surface area (Å²) in [6.07, 6.45) is 3.20. The molecule has 0 bridgehead atoms. The first kappa shape index (κ1) is 24.5. The third-order valence-electron chi connectivity index (χ3n) is 5.95. The first-order valence-corrected chi connectivity index (χ1v) is 11.4. The van der Waals surface area contributed by atoms with Crippen molar-refractivity contribution >= 4 is 17.9 Å². The molecule has 0 saturated carbocycles. The van der Waals surface area contributed by atoms with Gasteiger partial charge in [0, 0.05) is 31.6 Å². The number of alkyl carbamates (subject to hydrolysis) is 1. The number of rotatable bonds is 3. The number of carbonyl (C=O) groups excluding carboxylic acids is 3. The molecular weight excluding hydrogens is 382 g/mol. The Morgan fingerprint density at radius 2 is 1.63 bits per heavy atom. The standard InChI is InChI=1S/C23H41N3O4/c1-16-10-8-13-26(18(16)14-24-21(29)30-23(5,6)7)19(27)17-11-9-12-25(15-17)20(28)22(2,3)4/h16-18H,8-15H2,1-7H3,(H,24,29)/t16-,17+,18+/m1/s1. The molecule has 3 amide bonds. The van der Waals surface area contributed by atoms with E-state index in [0.29, 0.717) is 25.6 Å². The molecule has 2 fully saturated rings. The molecule has 2 aliphatic heterocycles. The summed E-state index contributed by atoms with van der Waals surface area (Å²) in [7, 11) is 0. The van der Waals surface area contributed by atoms with E-state index in [4.69, 9.17) is 4.74 Å². The first-order chi connectivity index (χ1) is 13.8. The topological polar surface area (TPSA) is 79.0 Å². The highest BCUT2D eigenvalue weighted by molar-refractivity contribution is 5.84. The Morgan fingerprint density at radius 3 is 2.23 bits per heavy atom. The summed E-state index contributed by atoms with van der Waals surface area (Å²) in [5.74, 6) is 0.354. The number of nitrogens with zero attached hydrogens (tertiary/aromatic N) is 2. The fourth-order valence-corrected chi connectivity index (χ4v) is 4.41. The summed E-state index contributed by atoms with van der Waals surface area (Å²) < 4.78 is 5.35. The molecule has 0 aromatic carbocycles. The fraction of sp³-hybridized carbons (Fsp3) is 0.870. The molecule has 0 aromatic heterocycles. The van der Waals surface area contributed by atoms with Gasteiger partial charge in [-0.05, 0) is 52.4 Å². The SMILES string of the molecule is C[C@@H]1CCCN(C(=O)[C@H]2CCCN(C(=O)C(C)(C)C)C2)[C@H]1CNC(=O)OC(C)(C)C. The monoisotopic (exact) mass is 423 g/mol. The van der Waals surface area contributed by atoms with Crippen LogP contribution in [0.5, 0.6) is 0 Å². The van der Waals surface area contributed by atoms with Crippen LogP contribution in [0.2, 0.25) is 0 Å². The summed E-state index contributed by atoms with van der Waals surface area (Å²) >= 11 is 0. The third-order valence-corrected chi connectivity index (χ3v) is 5.95. The maximum absolute atomic E-state index is 13.4. The molecular formula is C23H41N3O4. The average Bonchev–Trinajstić information content (AvgIpc) is 2.63. The van der Waals surface area contributed by atoms with Crippen LogP contribution in [0.15, 0.2) is 0 Å². The molecule has 172 valence electrons. The van der Waals surface area contributed by atoms with Crippen LogP contribution in [0.4, 0.5) is 4.79 Å². The highest BCUT2D eigenvalue weighted by Gasteiger charge is 2.39. The first-order valence-electron chi connectivity index (χ1n) is 11.4. The van der Waals surface area contributed by atoms with Crippen LogP contribution in [0.25, 0.3) is 0 Å². The molecule has 1 N–H and O–H groups in total. The van der Waals surface area contributed by atoms with Gasteiger partial charge in [0.05, 0.1) is 12.0 Å². The Kier molecular flexibility index (Phi) is 7.80. The smallest absolute Gasteiger partial charge is 0.407 e. The molecule has 2 aliphatic rings. The van der Waals surface area contributed by atoms with Gasteiger partial charge in [-0.25, -0.2) is 4.79 Å². The summed E-state index contributed by atoms with van der Waals surface area (Å²) in [5, 5.41) is 2.85. The summed E-state index contributed by atoms with van der Waals surface area (Å²) in [4.78, 5) is 42.1. The van der Waals surface area contributed by atoms with Crippen molar-refractivity contribution in [2.75, 3.05) is 26.2 Å². The lowest BCUT2D eigenvalue weighted by Gasteiger charge is -2.43. The van der Waals surface area contributed by atoms with Gasteiger partial charge >= 0.3 is 6.09 Å². The molecule has 3 atom stereocenters. The molecule has 0 unspecified atom stereocenters. The van der Waals surface area contributed by atoms with Gasteiger partial charge in [-0.1, -0.05) is 27.7 Å². The molecule has 2 heterocycles. The van der Waals surface area contributed by atoms with Gasteiger partial charge in [0.15, 0.2) is 0 Å². The molecule has 2 saturated heterocycles. The summed E-state index contributed by atoms with van der Waals surface area (Å²) in [6, 6.07) is -0.0486. The molecule has 30 heavy (non-hydrogen) atoms. The van der Waals surface area contributed by atoms with Gasteiger partial charge < -0.3 is 19.9 Å². The van der Waals surface area contributed by atoms with Crippen LogP contribution >= 0.6 is 0 Å². The van der Waals surface area contributed by atoms with Gasteiger partial charge in [0.25, 0.3) is 0 Å². The molecule has 0 radical (unpaired) electrons. The second-order valence-electron chi connectivity index (χ2n) is 10.9. The second-order valence-corrected chi connectivity index (χ2v) is 10.9. The van der Waals surface area contributed by atoms with E-state index >= 15 is 0 Å². The maximum Gasteiger partial charge on any atom is 0.407 e. The molecule has 7 nitrogen and oxygen atoms in total. The highest BCUT2D eigenvalue weighted by atomic mass is 16.6. The van der Waals surface area contributed by atoms with E-state index in [1.807, 2.05) is 51.3 Å². The van der Waals surface area contributed by atoms with Crippen LogP contribution in [0.1, 0.15) is 74.1 Å². The number of piperidine rings is 2. The lowest BCUT2D eigenvalue weighted by Crippen LogP contribution is -2.57. The van der Waals surface area contributed by atoms with E-state index in [9.17, 15) is 14.4 Å². The number of nitrogens with one attached hydrogen (secondary N) is 1. The van der Waals surface area contributed by atoms with Gasteiger partial charge in [0.2, 0.25) is 11.8 Å². The van der Waals surface area contributed by atoms with Crippen molar-refractivity contribution in [2.24, 2.45) is 17.3 Å². The minimum absolute atomic E-state index is 0.0486. The summed E-state index contributed by atoms with van der Waals surface area (Å²) in [5.41, 5.74) is -0.993. The molecule has 0 aromatic rings. The Balaban J connectivity index is 2.04. The van der Waals surface area contributed by atoms with E-state index in [1.54, 1.807) is 0 Å². The Bertz CT molecular complexity index is 635. The number of hydrogen-bond donors (Lipinski definition) is 1. The van der Waals surface area contributed by atoms with Crippen molar-refractivity contribution in [3.8, 4) is 0 Å². The highest BCUT2D eigenvalue weighted by Crippen LogP contribution is 2.29. The van der Waals surface area contributed by atoms with Crippen molar-refractivity contribution in [1.82, 2.24) is 15.1 Å². The number of hydrogen-bond acceptors (Lipinski definition) is 4. The number of ether oxygens (including phenoxy) is 1. The van der Waals surface area contributed by atoms with Crippen LogP contribution in [0.3, 0.4) is 0 Å². The predicted octanol–water partition coefficient (Wildman–Crippen LogP) is 3.42. The lowest BCUT2D eigenvalue weighted by molar-refractivity contribution is -0.147. The Hall–Kier alpha value is -1.79. The number of amides is 3. The Labute approximate surface area is 181 Å². The van der Waals surface area contributed by atoms with E-state index < -0.39 is 17.1 Å². The Morgan fingerprint density at radius 1 is 1.00 bits per heavy atom. The van der Waals surface area contributed by atoms with Crippen LogP contribution in [-0.4, -0.2) is 65.5 Å². The van der Waals surface area contributed by atoms with Gasteiger partial charge in [-0.2, -0.15) is 0 Å². The fourth-order valence-electron chi connectivity index (χ4n) is 4.41. The normalized spacial score (nSPS) is 25.6.